The zero-order valence-corrected chi connectivity index (χ0v) is 17.0. The van der Waals surface area contributed by atoms with Gasteiger partial charge in [-0.2, -0.15) is 5.10 Å². The van der Waals surface area contributed by atoms with Gasteiger partial charge in [-0.15, -0.1) is 0 Å². The van der Waals surface area contributed by atoms with Gasteiger partial charge >= 0.3 is 0 Å². The van der Waals surface area contributed by atoms with Crippen LogP contribution in [0.5, 0.6) is 0 Å². The molecular formula is C25H21N5O. The summed E-state index contributed by atoms with van der Waals surface area (Å²) in [7, 11) is 0. The van der Waals surface area contributed by atoms with Gasteiger partial charge in [-0.25, -0.2) is 4.98 Å². The molecule has 2 aliphatic rings. The first-order valence-electron chi connectivity index (χ1n) is 10.3. The van der Waals surface area contributed by atoms with Crippen molar-refractivity contribution in [3.8, 4) is 11.4 Å². The molecule has 0 spiro atoms. The monoisotopic (exact) mass is 407 g/mol. The van der Waals surface area contributed by atoms with Crippen molar-refractivity contribution in [1.82, 2.24) is 25.5 Å². The Morgan fingerprint density at radius 3 is 3.00 bits per heavy atom. The van der Waals surface area contributed by atoms with Gasteiger partial charge in [0.2, 0.25) is 0 Å². The second-order valence-corrected chi connectivity index (χ2v) is 8.16. The highest BCUT2D eigenvalue weighted by atomic mass is 16.5. The van der Waals surface area contributed by atoms with Crippen molar-refractivity contribution in [2.24, 2.45) is 0 Å². The fourth-order valence-electron chi connectivity index (χ4n) is 4.32. The quantitative estimate of drug-likeness (QED) is 0.450. The number of pyridine rings is 1. The van der Waals surface area contributed by atoms with Crippen LogP contribution in [-0.2, 0) is 10.2 Å². The van der Waals surface area contributed by atoms with E-state index >= 15 is 0 Å². The molecule has 1 unspecified atom stereocenters. The molecule has 5 heterocycles. The van der Waals surface area contributed by atoms with Crippen molar-refractivity contribution < 1.29 is 4.74 Å². The van der Waals surface area contributed by atoms with E-state index in [0.717, 1.165) is 33.4 Å². The minimum Gasteiger partial charge on any atom is -0.500 e. The average molecular weight is 407 g/mol. The Kier molecular flexibility index (Phi) is 3.86. The highest BCUT2D eigenvalue weighted by molar-refractivity contribution is 5.97. The van der Waals surface area contributed by atoms with Crippen LogP contribution in [0, 0.1) is 0 Å². The fraction of sp³-hybridized carbons (Fsp3) is 0.120. The summed E-state index contributed by atoms with van der Waals surface area (Å²) in [6.45, 7) is 2.86. The first-order chi connectivity index (χ1) is 15.2. The van der Waals surface area contributed by atoms with Gasteiger partial charge in [-0.05, 0) is 48.4 Å². The summed E-state index contributed by atoms with van der Waals surface area (Å²) in [5.41, 5.74) is 6.90. The third kappa shape index (κ3) is 2.87. The highest BCUT2D eigenvalue weighted by Gasteiger charge is 2.30. The number of aromatic nitrogens is 4. The predicted molar refractivity (Wildman–Crippen MR) is 123 cm³/mol. The van der Waals surface area contributed by atoms with E-state index in [1.165, 1.54) is 10.9 Å². The molecule has 0 saturated carbocycles. The Bertz CT molecular complexity index is 1430. The second kappa shape index (κ2) is 6.74. The molecule has 0 bridgehead atoms. The van der Waals surface area contributed by atoms with E-state index in [0.29, 0.717) is 12.3 Å². The minimum atomic E-state index is -0.136. The van der Waals surface area contributed by atoms with Crippen molar-refractivity contribution in [2.75, 3.05) is 6.61 Å². The van der Waals surface area contributed by atoms with Crippen LogP contribution in [0.15, 0.2) is 79.5 Å². The van der Waals surface area contributed by atoms with Crippen LogP contribution in [0.2, 0.25) is 0 Å². The number of aromatic amines is 2. The summed E-state index contributed by atoms with van der Waals surface area (Å²) in [5.74, 6) is 0. The normalized spacial score (nSPS) is 20.1. The molecule has 6 heteroatoms. The van der Waals surface area contributed by atoms with Crippen LogP contribution in [0.3, 0.4) is 0 Å². The number of nitrogens with one attached hydrogen (secondary N) is 3. The largest absolute Gasteiger partial charge is 0.500 e. The molecule has 31 heavy (non-hydrogen) atoms. The van der Waals surface area contributed by atoms with Crippen LogP contribution in [0.25, 0.3) is 38.9 Å². The predicted octanol–water partition coefficient (Wildman–Crippen LogP) is 4.92. The maximum atomic E-state index is 5.54. The van der Waals surface area contributed by atoms with Crippen molar-refractivity contribution in [1.29, 1.82) is 0 Å². The van der Waals surface area contributed by atoms with Crippen molar-refractivity contribution in [3.63, 3.8) is 0 Å². The smallest absolute Gasteiger partial charge is 0.181 e. The van der Waals surface area contributed by atoms with Crippen LogP contribution in [0.4, 0.5) is 0 Å². The zero-order chi connectivity index (χ0) is 20.8. The fourth-order valence-corrected chi connectivity index (χ4v) is 4.32. The summed E-state index contributed by atoms with van der Waals surface area (Å²) in [4.78, 5) is 8.14. The van der Waals surface area contributed by atoms with Crippen LogP contribution in [0.1, 0.15) is 18.1 Å². The van der Waals surface area contributed by atoms with Crippen molar-refractivity contribution in [2.45, 2.75) is 12.3 Å². The molecule has 0 fully saturated rings. The van der Waals surface area contributed by atoms with E-state index in [1.54, 1.807) is 6.26 Å². The first-order valence-corrected chi connectivity index (χ1v) is 10.3. The Balaban J connectivity index is 1.48. The average Bonchev–Trinajstić information content (AvgIpc) is 3.46. The summed E-state index contributed by atoms with van der Waals surface area (Å²) < 4.78 is 5.54. The minimum absolute atomic E-state index is 0.136. The lowest BCUT2D eigenvalue weighted by Crippen LogP contribution is -2.21. The Hall–Kier alpha value is -4.06. The van der Waals surface area contributed by atoms with Crippen molar-refractivity contribution >= 4 is 27.5 Å². The van der Waals surface area contributed by atoms with E-state index in [-0.39, 0.29) is 5.41 Å². The standard InChI is InChI=1S/C25H21N5O/c1-25(8-10-31-15-25)20-6-4-7-21-18(20)12-22(28-21)23-19-11-17(14-27-24(19)30-29-23)16-5-2-3-9-26-13-16/h2-14,26,28H,15H2,1H3,(H,27,29,30). The number of fused-ring (bicyclic) bond motifs is 2. The van der Waals surface area contributed by atoms with Gasteiger partial charge in [0, 0.05) is 45.9 Å². The van der Waals surface area contributed by atoms with Crippen LogP contribution >= 0.6 is 0 Å². The zero-order valence-electron chi connectivity index (χ0n) is 17.0. The number of rotatable bonds is 3. The molecular weight excluding hydrogens is 386 g/mol. The molecule has 1 aromatic carbocycles. The van der Waals surface area contributed by atoms with Crippen LogP contribution < -0.4 is 5.32 Å². The summed E-state index contributed by atoms with van der Waals surface area (Å²) in [6.07, 6.45) is 15.7. The third-order valence-electron chi connectivity index (χ3n) is 6.03. The third-order valence-corrected chi connectivity index (χ3v) is 6.03. The van der Waals surface area contributed by atoms with E-state index in [2.05, 4.69) is 74.9 Å². The molecule has 3 N–H and O–H groups in total. The van der Waals surface area contributed by atoms with Crippen molar-refractivity contribution in [3.05, 3.63) is 90.6 Å². The number of allylic oxidation sites excluding steroid dienone is 4. The Morgan fingerprint density at radius 1 is 1.13 bits per heavy atom. The lowest BCUT2D eigenvalue weighted by atomic mass is 9.82. The Morgan fingerprint density at radius 2 is 2.10 bits per heavy atom. The molecule has 6 rings (SSSR count). The van der Waals surface area contributed by atoms with E-state index < -0.39 is 0 Å². The molecule has 2 aliphatic heterocycles. The maximum Gasteiger partial charge on any atom is 0.181 e. The highest BCUT2D eigenvalue weighted by Crippen LogP contribution is 2.37. The first kappa shape index (κ1) is 17.8. The molecule has 152 valence electrons. The van der Waals surface area contributed by atoms with Gasteiger partial charge in [0.1, 0.15) is 6.61 Å². The lowest BCUT2D eigenvalue weighted by molar-refractivity contribution is 0.238. The number of nitrogens with zero attached hydrogens (tertiary/aromatic N) is 2. The molecule has 6 nitrogen and oxygen atoms in total. The number of benzene rings is 1. The van der Waals surface area contributed by atoms with Gasteiger partial charge in [0.25, 0.3) is 0 Å². The van der Waals surface area contributed by atoms with Gasteiger partial charge in [-0.1, -0.05) is 24.3 Å². The number of hydrogen-bond acceptors (Lipinski definition) is 4. The molecule has 4 aromatic rings. The molecule has 0 amide bonds. The SMILES string of the molecule is CC1(c2cccc3[nH]c(-c4[nH]nc5ncc(C6=CNC=CC=C6)cc45)cc23)C=COC1. The van der Waals surface area contributed by atoms with Gasteiger partial charge < -0.3 is 15.0 Å². The summed E-state index contributed by atoms with van der Waals surface area (Å²) in [5, 5.41) is 12.9. The van der Waals surface area contributed by atoms with Gasteiger partial charge in [-0.3, -0.25) is 5.10 Å². The molecule has 1 atom stereocenters. The summed E-state index contributed by atoms with van der Waals surface area (Å²) in [6, 6.07) is 10.7. The number of H-pyrrole nitrogens is 2. The second-order valence-electron chi connectivity index (χ2n) is 8.16. The van der Waals surface area contributed by atoms with Crippen LogP contribution in [-0.4, -0.2) is 26.8 Å². The maximum absolute atomic E-state index is 5.54. The molecule has 3 aromatic heterocycles. The topological polar surface area (TPSA) is 78.6 Å². The molecule has 0 aliphatic carbocycles. The molecule has 0 radical (unpaired) electrons. The number of hydrogen-bond donors (Lipinski definition) is 3. The van der Waals surface area contributed by atoms with E-state index in [1.807, 2.05) is 30.7 Å². The van der Waals surface area contributed by atoms with E-state index in [9.17, 15) is 0 Å². The summed E-state index contributed by atoms with van der Waals surface area (Å²) >= 11 is 0. The lowest BCUT2D eigenvalue weighted by Gasteiger charge is -2.21. The van der Waals surface area contributed by atoms with Gasteiger partial charge in [0.15, 0.2) is 5.65 Å². The Labute approximate surface area is 179 Å². The number of ether oxygens (including phenoxy) is 1. The van der Waals surface area contributed by atoms with Gasteiger partial charge in [0.05, 0.1) is 17.6 Å². The molecule has 0 saturated heterocycles. The van der Waals surface area contributed by atoms with E-state index in [4.69, 9.17) is 4.74 Å².